The molecule has 0 radical (unpaired) electrons. The van der Waals surface area contributed by atoms with E-state index >= 15 is 0 Å². The SMILES string of the molecule is CC(=O)OCC1OC(OC(=N)C(Cl)(Cl)Cl)C(OC(C)=O)C(OC(C)=O)C1OC(C)=O.CC(=O)OCC1OC(Oc2ccc3c(c2O)-c2cccc4c2[C@@H](C3)N(C)CC4)C(OC(C)=O)C(OC(C)=O)C1OC(C)=O.CN1CCc2cccc3c2[C@H]1Cc1ccc(O)c(O)c1-3. The lowest BCUT2D eigenvalue weighted by Crippen LogP contribution is -2.63. The van der Waals surface area contributed by atoms with Crippen LogP contribution in [0.3, 0.4) is 0 Å². The number of hydrogen-bond acceptors (Lipinski definition) is 26. The molecule has 0 spiro atoms. The van der Waals surface area contributed by atoms with Crippen LogP contribution in [0.2, 0.25) is 0 Å². The van der Waals surface area contributed by atoms with Crippen molar-refractivity contribution >= 4 is 88.5 Å². The number of carbonyl (C=O) groups is 8. The van der Waals surface area contributed by atoms with Gasteiger partial charge < -0.3 is 72.2 Å². The number of fused-ring (bicyclic) bond motifs is 4. The van der Waals surface area contributed by atoms with Gasteiger partial charge in [0, 0.05) is 91.7 Å². The van der Waals surface area contributed by atoms with Crippen molar-refractivity contribution in [1.82, 2.24) is 9.80 Å². The van der Waals surface area contributed by atoms with Crippen molar-refractivity contribution in [3.05, 3.63) is 94.0 Å². The standard InChI is InChI=1S/C31H35NO11.C17H17NO2.C16H20Cl3NO10/c1-15(33)38-14-24-28(39-16(2)34)29(40-17(3)35)30(41-18(4)36)31(43-24)42-23-10-9-20-13-22-25-19(11-12-32(22)5)7-6-8-21(25)26(20)27(23)37;1-18-8-7-10-3-2-4-12-15(10)13(18)9-11-5-6-14(19)17(20)16(11)12;1-6(21)25-5-10-11(26-7(2)22)12(27-8(3)23)13(28-9(4)24)14(29-10)30-15(20)16(17,18)19/h6-10,22,24,28-31,37H,11-14H2,1-5H3;2-6,13,19-20H,7-9H2,1H3;10-14,20H,5H2,1-4H3/t22-,24?,28?,29?,30?,31?;13-;/m11./s1. The number of rotatable bonds is 13. The van der Waals surface area contributed by atoms with Crippen molar-refractivity contribution in [2.75, 3.05) is 40.4 Å². The molecule has 4 aliphatic heterocycles. The number of phenols is 3. The Labute approximate surface area is 549 Å². The number of carbonyl (C=O) groups excluding carboxylic acids is 8. The Morgan fingerprint density at radius 3 is 1.30 bits per heavy atom. The van der Waals surface area contributed by atoms with E-state index in [2.05, 4.69) is 48.2 Å². The second kappa shape index (κ2) is 30.0. The zero-order valence-electron chi connectivity index (χ0n) is 52.4. The van der Waals surface area contributed by atoms with Gasteiger partial charge in [0.2, 0.25) is 30.7 Å². The molecule has 4 heterocycles. The number of nitrogens with zero attached hydrogens (tertiary/aromatic N) is 2. The summed E-state index contributed by atoms with van der Waals surface area (Å²) in [5.41, 5.74) is 10.6. The molecule has 10 rings (SSSR count). The summed E-state index contributed by atoms with van der Waals surface area (Å²) in [6, 6.07) is 19.9. The van der Waals surface area contributed by atoms with Gasteiger partial charge in [-0.05, 0) is 96.4 Å². The van der Waals surface area contributed by atoms with E-state index in [1.807, 2.05) is 24.3 Å². The van der Waals surface area contributed by atoms with E-state index in [9.17, 15) is 53.7 Å². The Hall–Kier alpha value is -7.98. The molecule has 4 N–H and O–H groups in total. The molecule has 502 valence electrons. The number of esters is 8. The van der Waals surface area contributed by atoms with Crippen molar-refractivity contribution in [3.63, 3.8) is 0 Å². The van der Waals surface area contributed by atoms with Gasteiger partial charge in [-0.3, -0.25) is 53.6 Å². The molecule has 10 unspecified atom stereocenters. The zero-order valence-corrected chi connectivity index (χ0v) is 54.7. The predicted molar refractivity (Wildman–Crippen MR) is 328 cm³/mol. The number of ether oxygens (including phenoxy) is 12. The van der Waals surface area contributed by atoms with Crippen LogP contribution >= 0.6 is 34.8 Å². The normalized spacial score (nSPS) is 24.8. The summed E-state index contributed by atoms with van der Waals surface area (Å²) in [5, 5.41) is 39.4. The van der Waals surface area contributed by atoms with Crippen molar-refractivity contribution in [1.29, 1.82) is 5.41 Å². The van der Waals surface area contributed by atoms with Crippen LogP contribution < -0.4 is 4.74 Å². The van der Waals surface area contributed by atoms with E-state index in [1.54, 1.807) is 12.1 Å². The number of aromatic hydroxyl groups is 3. The quantitative estimate of drug-likeness (QED) is 0.0264. The van der Waals surface area contributed by atoms with E-state index < -0.39 is 125 Å². The summed E-state index contributed by atoms with van der Waals surface area (Å²) >= 11 is 16.8. The van der Waals surface area contributed by atoms with Crippen LogP contribution in [0.1, 0.15) is 101 Å². The summed E-state index contributed by atoms with van der Waals surface area (Å²) in [6.45, 7) is 10.1. The molecule has 0 bridgehead atoms. The van der Waals surface area contributed by atoms with Crippen LogP contribution in [0.5, 0.6) is 23.0 Å². The average molecular weight is 1360 g/mol. The van der Waals surface area contributed by atoms with E-state index in [1.165, 1.54) is 29.2 Å². The molecule has 4 aromatic rings. The van der Waals surface area contributed by atoms with Gasteiger partial charge in [-0.1, -0.05) is 83.3 Å². The van der Waals surface area contributed by atoms with Gasteiger partial charge in [-0.25, -0.2) is 0 Å². The fraction of sp³-hybridized carbons (Fsp3) is 0.484. The molecular formula is C64H72Cl3N3O23. The first-order valence-electron chi connectivity index (χ1n) is 29.5. The first kappa shape index (κ1) is 70.9. The topological polar surface area (TPSA) is 338 Å². The smallest absolute Gasteiger partial charge is 0.303 e. The Bertz CT molecular complexity index is 3540. The minimum Gasteiger partial charge on any atom is -0.504 e. The third-order valence-corrected chi connectivity index (χ3v) is 16.6. The van der Waals surface area contributed by atoms with Crippen LogP contribution in [0, 0.1) is 5.41 Å². The third kappa shape index (κ3) is 16.7. The van der Waals surface area contributed by atoms with Gasteiger partial charge in [0.1, 0.15) is 25.4 Å². The molecule has 2 fully saturated rings. The zero-order chi connectivity index (χ0) is 68.1. The fourth-order valence-corrected chi connectivity index (χ4v) is 12.4. The number of phenolic OH excluding ortho intramolecular Hbond substituents is 3. The first-order chi connectivity index (χ1) is 43.8. The Morgan fingerprint density at radius 2 is 0.882 bits per heavy atom. The van der Waals surface area contributed by atoms with Gasteiger partial charge in [-0.15, -0.1) is 0 Å². The molecule has 6 aliphatic rings. The number of alkyl halides is 3. The molecule has 0 aromatic heterocycles. The number of likely N-dealkylation sites (N-methyl/N-ethyl adjacent to an activating group) is 2. The van der Waals surface area contributed by atoms with Gasteiger partial charge >= 0.3 is 47.8 Å². The van der Waals surface area contributed by atoms with Crippen LogP contribution in [0.15, 0.2) is 60.7 Å². The summed E-state index contributed by atoms with van der Waals surface area (Å²) in [4.78, 5) is 98.7. The Morgan fingerprint density at radius 1 is 0.495 bits per heavy atom. The van der Waals surface area contributed by atoms with Crippen LogP contribution in [0.4, 0.5) is 0 Å². The lowest BCUT2D eigenvalue weighted by Gasteiger charge is -2.44. The third-order valence-electron chi connectivity index (χ3n) is 16.1. The molecule has 4 aromatic carbocycles. The van der Waals surface area contributed by atoms with E-state index in [0.717, 1.165) is 109 Å². The largest absolute Gasteiger partial charge is 0.504 e. The lowest BCUT2D eigenvalue weighted by atomic mass is 9.77. The number of nitrogens with one attached hydrogen (secondary N) is 1. The summed E-state index contributed by atoms with van der Waals surface area (Å²) in [7, 11) is 4.26. The Kier molecular flexibility index (Phi) is 22.8. The van der Waals surface area contributed by atoms with Crippen LogP contribution in [-0.4, -0.2) is 184 Å². The summed E-state index contributed by atoms with van der Waals surface area (Å²) in [5.74, 6) is -7.02. The molecule has 93 heavy (non-hydrogen) atoms. The lowest BCUT2D eigenvalue weighted by molar-refractivity contribution is -0.292. The van der Waals surface area contributed by atoms with Crippen molar-refractivity contribution < 1.29 is 111 Å². The maximum absolute atomic E-state index is 12.2. The van der Waals surface area contributed by atoms with Gasteiger partial charge in [-0.2, -0.15) is 0 Å². The molecule has 26 nitrogen and oxygen atoms in total. The van der Waals surface area contributed by atoms with Crippen molar-refractivity contribution in [2.45, 2.75) is 158 Å². The number of halogens is 3. The fourth-order valence-electron chi connectivity index (χ4n) is 12.3. The van der Waals surface area contributed by atoms with Gasteiger partial charge in [0.05, 0.1) is 0 Å². The first-order valence-corrected chi connectivity index (χ1v) is 30.6. The van der Waals surface area contributed by atoms with E-state index in [4.69, 9.17) is 97.1 Å². The second-order valence-electron chi connectivity index (χ2n) is 22.8. The maximum atomic E-state index is 12.2. The van der Waals surface area contributed by atoms with Gasteiger partial charge in [0.25, 0.3) is 3.79 Å². The van der Waals surface area contributed by atoms with Crippen molar-refractivity contribution in [2.24, 2.45) is 0 Å². The molecule has 2 aliphatic carbocycles. The summed E-state index contributed by atoms with van der Waals surface area (Å²) < 4.78 is 62.6. The van der Waals surface area contributed by atoms with Crippen LogP contribution in [-0.2, 0) is 116 Å². The minimum absolute atomic E-state index is 0.0163. The molecule has 12 atom stereocenters. The highest BCUT2D eigenvalue weighted by Crippen LogP contribution is 2.52. The van der Waals surface area contributed by atoms with Crippen LogP contribution in [0.25, 0.3) is 22.3 Å². The highest BCUT2D eigenvalue weighted by molar-refractivity contribution is 6.76. The van der Waals surface area contributed by atoms with Crippen molar-refractivity contribution in [3.8, 4) is 45.3 Å². The van der Waals surface area contributed by atoms with E-state index in [0.29, 0.717) is 18.0 Å². The molecule has 0 saturated carbocycles. The molecule has 0 amide bonds. The highest BCUT2D eigenvalue weighted by Gasteiger charge is 2.56. The molecule has 29 heteroatoms. The monoisotopic (exact) mass is 1360 g/mol. The van der Waals surface area contributed by atoms with Gasteiger partial charge in [0.15, 0.2) is 47.4 Å². The number of benzene rings is 4. The maximum Gasteiger partial charge on any atom is 0.303 e. The minimum atomic E-state index is -2.29. The molecule has 2 saturated heterocycles. The predicted octanol–water partition coefficient (Wildman–Crippen LogP) is 6.89. The summed E-state index contributed by atoms with van der Waals surface area (Å²) in [6.07, 6.45) is -10.5. The molecular weight excluding hydrogens is 1290 g/mol. The Balaban J connectivity index is 0.000000192. The number of hydrogen-bond donors (Lipinski definition) is 4. The average Bonchev–Trinajstić information content (AvgIpc) is 0.748. The highest BCUT2D eigenvalue weighted by atomic mass is 35.6. The van der Waals surface area contributed by atoms with E-state index in [-0.39, 0.29) is 35.6 Å². The second-order valence-corrected chi connectivity index (χ2v) is 25.1.